The van der Waals surface area contributed by atoms with Crippen LogP contribution in [-0.2, 0) is 19.7 Å². The Morgan fingerprint density at radius 3 is 2.69 bits per heavy atom. The van der Waals surface area contributed by atoms with Gasteiger partial charge in [-0.15, -0.1) is 0 Å². The van der Waals surface area contributed by atoms with Gasteiger partial charge in [-0.3, -0.25) is 9.67 Å². The molecule has 0 amide bonds. The number of hydrogen-bond donors (Lipinski definition) is 1. The molecular formula is C20H24N4O2. The number of benzene rings is 1. The van der Waals surface area contributed by atoms with Crippen molar-refractivity contribution in [2.45, 2.75) is 26.1 Å². The summed E-state index contributed by atoms with van der Waals surface area (Å²) in [5.74, 6) is 1.49. The fourth-order valence-corrected chi connectivity index (χ4v) is 2.61. The molecule has 2 heterocycles. The number of nitrogens with one attached hydrogen (secondary N) is 1. The summed E-state index contributed by atoms with van der Waals surface area (Å²) in [5.41, 5.74) is 2.24. The van der Waals surface area contributed by atoms with Crippen molar-refractivity contribution in [2.24, 2.45) is 0 Å². The Hall–Kier alpha value is -2.86. The van der Waals surface area contributed by atoms with Gasteiger partial charge in [0.1, 0.15) is 6.61 Å². The zero-order valence-electron chi connectivity index (χ0n) is 15.0. The van der Waals surface area contributed by atoms with Crippen LogP contribution in [0.5, 0.6) is 11.5 Å². The minimum atomic E-state index is 0.490. The molecule has 6 nitrogen and oxygen atoms in total. The van der Waals surface area contributed by atoms with E-state index >= 15 is 0 Å². The van der Waals surface area contributed by atoms with Gasteiger partial charge in [0.2, 0.25) is 0 Å². The van der Waals surface area contributed by atoms with Crippen molar-refractivity contribution in [3.05, 3.63) is 72.3 Å². The average molecular weight is 352 g/mol. The van der Waals surface area contributed by atoms with E-state index in [9.17, 15) is 0 Å². The van der Waals surface area contributed by atoms with Crippen LogP contribution in [0.3, 0.4) is 0 Å². The first-order valence-corrected chi connectivity index (χ1v) is 8.72. The van der Waals surface area contributed by atoms with Crippen molar-refractivity contribution in [3.63, 3.8) is 0 Å². The van der Waals surface area contributed by atoms with Crippen LogP contribution in [0.4, 0.5) is 0 Å². The number of methoxy groups -OCH3 is 1. The standard InChI is InChI=1S/C20H24N4O2/c1-25-20-14-18(15-22-8-2-12-24-13-3-9-23-24)4-5-19(20)26-16-17-6-10-21-11-7-17/h3-7,9-11,13-14,22H,2,8,12,15-16H2,1H3. The average Bonchev–Trinajstić information content (AvgIpc) is 3.21. The fraction of sp³-hybridized carbons (Fsp3) is 0.300. The van der Waals surface area contributed by atoms with Crippen LogP contribution in [0.2, 0.25) is 0 Å². The summed E-state index contributed by atoms with van der Waals surface area (Å²) >= 11 is 0. The minimum absolute atomic E-state index is 0.490. The van der Waals surface area contributed by atoms with Crippen molar-refractivity contribution in [1.29, 1.82) is 0 Å². The molecule has 1 aromatic carbocycles. The van der Waals surface area contributed by atoms with E-state index in [4.69, 9.17) is 9.47 Å². The third kappa shape index (κ3) is 5.32. The zero-order valence-corrected chi connectivity index (χ0v) is 15.0. The quantitative estimate of drug-likeness (QED) is 0.568. The van der Waals surface area contributed by atoms with E-state index in [-0.39, 0.29) is 0 Å². The molecule has 26 heavy (non-hydrogen) atoms. The number of nitrogens with zero attached hydrogens (tertiary/aromatic N) is 3. The number of pyridine rings is 1. The maximum atomic E-state index is 5.87. The molecule has 0 atom stereocenters. The first kappa shape index (κ1) is 17.9. The van der Waals surface area contributed by atoms with Gasteiger partial charge in [0.05, 0.1) is 7.11 Å². The Labute approximate surface area is 153 Å². The molecule has 0 aliphatic heterocycles. The van der Waals surface area contributed by atoms with E-state index in [1.165, 1.54) is 0 Å². The zero-order chi connectivity index (χ0) is 18.0. The molecule has 3 aromatic rings. The highest BCUT2D eigenvalue weighted by molar-refractivity contribution is 5.43. The summed E-state index contributed by atoms with van der Waals surface area (Å²) in [7, 11) is 1.66. The Morgan fingerprint density at radius 1 is 1.04 bits per heavy atom. The number of rotatable bonds is 10. The molecule has 1 N–H and O–H groups in total. The Morgan fingerprint density at radius 2 is 1.92 bits per heavy atom. The molecule has 3 rings (SSSR count). The molecule has 2 aromatic heterocycles. The number of ether oxygens (including phenoxy) is 2. The lowest BCUT2D eigenvalue weighted by Gasteiger charge is -2.13. The van der Waals surface area contributed by atoms with Gasteiger partial charge in [0, 0.05) is 37.9 Å². The lowest BCUT2D eigenvalue weighted by molar-refractivity contribution is 0.284. The van der Waals surface area contributed by atoms with Crippen molar-refractivity contribution in [2.75, 3.05) is 13.7 Å². The molecule has 0 aliphatic rings. The molecule has 0 bridgehead atoms. The second kappa shape index (κ2) is 9.58. The van der Waals surface area contributed by atoms with Gasteiger partial charge in [-0.2, -0.15) is 5.10 Å². The molecule has 0 radical (unpaired) electrons. The maximum Gasteiger partial charge on any atom is 0.161 e. The molecule has 0 fully saturated rings. The smallest absolute Gasteiger partial charge is 0.161 e. The van der Waals surface area contributed by atoms with Crippen LogP contribution in [0, 0.1) is 0 Å². The predicted octanol–water partition coefficient (Wildman–Crippen LogP) is 3.05. The van der Waals surface area contributed by atoms with E-state index in [2.05, 4.69) is 21.5 Å². The predicted molar refractivity (Wildman–Crippen MR) is 100 cm³/mol. The van der Waals surface area contributed by atoms with E-state index in [1.807, 2.05) is 41.2 Å². The van der Waals surface area contributed by atoms with Crippen molar-refractivity contribution >= 4 is 0 Å². The number of hydrogen-bond acceptors (Lipinski definition) is 5. The molecular weight excluding hydrogens is 328 g/mol. The second-order valence-electron chi connectivity index (χ2n) is 5.93. The van der Waals surface area contributed by atoms with E-state index in [1.54, 1.807) is 25.7 Å². The number of aryl methyl sites for hydroxylation is 1. The third-order valence-electron chi connectivity index (χ3n) is 4.00. The van der Waals surface area contributed by atoms with Gasteiger partial charge in [-0.05, 0) is 54.4 Å². The van der Waals surface area contributed by atoms with Crippen LogP contribution in [-0.4, -0.2) is 28.4 Å². The van der Waals surface area contributed by atoms with E-state index in [0.717, 1.165) is 48.7 Å². The minimum Gasteiger partial charge on any atom is -0.493 e. The van der Waals surface area contributed by atoms with Crippen molar-refractivity contribution in [1.82, 2.24) is 20.1 Å². The topological polar surface area (TPSA) is 61.2 Å². The van der Waals surface area contributed by atoms with Crippen LogP contribution < -0.4 is 14.8 Å². The summed E-state index contributed by atoms with van der Waals surface area (Å²) in [4.78, 5) is 4.01. The lowest BCUT2D eigenvalue weighted by atomic mass is 10.2. The third-order valence-corrected chi connectivity index (χ3v) is 4.00. The molecule has 0 unspecified atom stereocenters. The summed E-state index contributed by atoms with van der Waals surface area (Å²) < 4.78 is 13.3. The van der Waals surface area contributed by atoms with Gasteiger partial charge < -0.3 is 14.8 Å². The van der Waals surface area contributed by atoms with E-state index in [0.29, 0.717) is 6.61 Å². The largest absolute Gasteiger partial charge is 0.493 e. The number of aromatic nitrogens is 3. The first-order valence-electron chi connectivity index (χ1n) is 8.72. The highest BCUT2D eigenvalue weighted by Gasteiger charge is 2.06. The Balaban J connectivity index is 1.46. The van der Waals surface area contributed by atoms with Gasteiger partial charge >= 0.3 is 0 Å². The van der Waals surface area contributed by atoms with Crippen molar-refractivity contribution in [3.8, 4) is 11.5 Å². The Kier molecular flexibility index (Phi) is 6.61. The first-order chi connectivity index (χ1) is 12.8. The van der Waals surface area contributed by atoms with Crippen LogP contribution >= 0.6 is 0 Å². The SMILES string of the molecule is COc1cc(CNCCCn2cccn2)ccc1OCc1ccncc1. The highest BCUT2D eigenvalue weighted by atomic mass is 16.5. The fourth-order valence-electron chi connectivity index (χ4n) is 2.61. The molecule has 0 aliphatic carbocycles. The molecule has 6 heteroatoms. The summed E-state index contributed by atoms with van der Waals surface area (Å²) in [6.45, 7) is 3.14. The normalized spacial score (nSPS) is 10.7. The maximum absolute atomic E-state index is 5.87. The van der Waals surface area contributed by atoms with Gasteiger partial charge in [-0.1, -0.05) is 6.07 Å². The summed E-state index contributed by atoms with van der Waals surface area (Å²) in [6, 6.07) is 11.9. The van der Waals surface area contributed by atoms with Gasteiger partial charge in [0.15, 0.2) is 11.5 Å². The highest BCUT2D eigenvalue weighted by Crippen LogP contribution is 2.28. The monoisotopic (exact) mass is 352 g/mol. The van der Waals surface area contributed by atoms with Gasteiger partial charge in [0.25, 0.3) is 0 Å². The van der Waals surface area contributed by atoms with E-state index < -0.39 is 0 Å². The van der Waals surface area contributed by atoms with Crippen LogP contribution in [0.1, 0.15) is 17.5 Å². The van der Waals surface area contributed by atoms with Crippen molar-refractivity contribution < 1.29 is 9.47 Å². The van der Waals surface area contributed by atoms with Gasteiger partial charge in [-0.25, -0.2) is 0 Å². The van der Waals surface area contributed by atoms with Crippen LogP contribution in [0.25, 0.3) is 0 Å². The Bertz CT molecular complexity index is 776. The molecule has 0 saturated carbocycles. The second-order valence-corrected chi connectivity index (χ2v) is 5.93. The molecule has 0 spiro atoms. The molecule has 0 saturated heterocycles. The summed E-state index contributed by atoms with van der Waals surface area (Å²) in [6.07, 6.45) is 8.34. The van der Waals surface area contributed by atoms with Crippen LogP contribution in [0.15, 0.2) is 61.2 Å². The molecule has 136 valence electrons. The lowest BCUT2D eigenvalue weighted by Crippen LogP contribution is -2.16. The summed E-state index contributed by atoms with van der Waals surface area (Å²) in [5, 5.41) is 7.65.